The van der Waals surface area contributed by atoms with Gasteiger partial charge in [-0.2, -0.15) is 0 Å². The zero-order valence-corrected chi connectivity index (χ0v) is 11.5. The molecule has 5 heteroatoms. The van der Waals surface area contributed by atoms with Crippen molar-refractivity contribution in [1.29, 1.82) is 0 Å². The van der Waals surface area contributed by atoms with E-state index in [0.717, 1.165) is 4.88 Å². The topological polar surface area (TPSA) is 57.6 Å². The molecule has 0 bridgehead atoms. The maximum absolute atomic E-state index is 12.2. The van der Waals surface area contributed by atoms with Crippen LogP contribution in [-0.4, -0.2) is 28.9 Å². The molecular weight excluding hydrogens is 250 g/mol. The molecule has 1 fully saturated rings. The molecule has 4 nitrogen and oxygen atoms in total. The summed E-state index contributed by atoms with van der Waals surface area (Å²) in [6.45, 7) is 4.23. The molecule has 0 spiro atoms. The highest BCUT2D eigenvalue weighted by molar-refractivity contribution is 7.09. The first-order chi connectivity index (χ1) is 8.35. The summed E-state index contributed by atoms with van der Waals surface area (Å²) >= 11 is 1.60. The number of carboxylic acid groups (broad SMARTS) is 1. The van der Waals surface area contributed by atoms with E-state index in [2.05, 4.69) is 0 Å². The van der Waals surface area contributed by atoms with Crippen molar-refractivity contribution in [3.8, 4) is 0 Å². The molecule has 2 rings (SSSR count). The van der Waals surface area contributed by atoms with Crippen molar-refractivity contribution in [2.45, 2.75) is 20.4 Å². The molecule has 1 N–H and O–H groups in total. The Labute approximate surface area is 110 Å². The molecule has 18 heavy (non-hydrogen) atoms. The molecule has 1 aromatic rings. The Bertz CT molecular complexity index is 467. The molecule has 0 aromatic carbocycles. The lowest BCUT2D eigenvalue weighted by Gasteiger charge is -2.17. The summed E-state index contributed by atoms with van der Waals surface area (Å²) in [6.07, 6.45) is 0. The average Bonchev–Trinajstić information content (AvgIpc) is 2.63. The standard InChI is InChI=1S/C13H17NO3S/c1-13(2)9(10(13)12(16)17)11(15)14(3)7-8-5-4-6-18-8/h4-6,9-10H,7H2,1-3H3,(H,16,17)/t9-,10+/m1/s1. The van der Waals surface area contributed by atoms with Gasteiger partial charge in [-0.3, -0.25) is 9.59 Å². The highest BCUT2D eigenvalue weighted by atomic mass is 32.1. The van der Waals surface area contributed by atoms with E-state index in [1.807, 2.05) is 31.4 Å². The normalized spacial score (nSPS) is 24.6. The molecule has 0 radical (unpaired) electrons. The van der Waals surface area contributed by atoms with Gasteiger partial charge in [0.05, 0.1) is 18.4 Å². The van der Waals surface area contributed by atoms with Crippen LogP contribution in [0.15, 0.2) is 17.5 Å². The SMILES string of the molecule is CN(Cc1cccs1)C(=O)[C@H]1[C@@H](C(=O)O)C1(C)C. The number of aliphatic carboxylic acids is 1. The number of rotatable bonds is 4. The van der Waals surface area contributed by atoms with Crippen LogP contribution in [0.25, 0.3) is 0 Å². The highest BCUT2D eigenvalue weighted by Crippen LogP contribution is 2.59. The lowest BCUT2D eigenvalue weighted by Crippen LogP contribution is -2.29. The van der Waals surface area contributed by atoms with Gasteiger partial charge in [0, 0.05) is 11.9 Å². The van der Waals surface area contributed by atoms with Crippen molar-refractivity contribution >= 4 is 23.2 Å². The van der Waals surface area contributed by atoms with Crippen molar-refractivity contribution in [3.05, 3.63) is 22.4 Å². The second-order valence-electron chi connectivity index (χ2n) is 5.39. The molecule has 1 aliphatic rings. The molecule has 0 unspecified atom stereocenters. The molecular formula is C13H17NO3S. The van der Waals surface area contributed by atoms with Crippen molar-refractivity contribution in [2.75, 3.05) is 7.05 Å². The van der Waals surface area contributed by atoms with Crippen molar-refractivity contribution in [2.24, 2.45) is 17.3 Å². The summed E-state index contributed by atoms with van der Waals surface area (Å²) in [6, 6.07) is 3.92. The van der Waals surface area contributed by atoms with Gasteiger partial charge < -0.3 is 10.0 Å². The molecule has 1 aromatic heterocycles. The van der Waals surface area contributed by atoms with E-state index >= 15 is 0 Å². The van der Waals surface area contributed by atoms with Crippen LogP contribution in [0.5, 0.6) is 0 Å². The van der Waals surface area contributed by atoms with Crippen LogP contribution in [0.4, 0.5) is 0 Å². The Balaban J connectivity index is 2.02. The number of thiophene rings is 1. The van der Waals surface area contributed by atoms with E-state index in [0.29, 0.717) is 6.54 Å². The van der Waals surface area contributed by atoms with Gasteiger partial charge >= 0.3 is 5.97 Å². The van der Waals surface area contributed by atoms with E-state index in [9.17, 15) is 9.59 Å². The molecule has 0 saturated heterocycles. The minimum Gasteiger partial charge on any atom is -0.481 e. The van der Waals surface area contributed by atoms with Crippen LogP contribution >= 0.6 is 11.3 Å². The average molecular weight is 267 g/mol. The summed E-state index contributed by atoms with van der Waals surface area (Å²) in [5.41, 5.74) is -0.424. The third-order valence-corrected chi connectivity index (χ3v) is 4.57. The molecule has 2 atom stereocenters. The van der Waals surface area contributed by atoms with E-state index in [-0.39, 0.29) is 11.8 Å². The number of carbonyl (C=O) groups is 2. The van der Waals surface area contributed by atoms with Gasteiger partial charge in [0.2, 0.25) is 5.91 Å². The Hall–Kier alpha value is -1.36. The smallest absolute Gasteiger partial charge is 0.307 e. The zero-order valence-electron chi connectivity index (χ0n) is 10.7. The predicted molar refractivity (Wildman–Crippen MR) is 69.2 cm³/mol. The number of hydrogen-bond acceptors (Lipinski definition) is 3. The van der Waals surface area contributed by atoms with Crippen LogP contribution < -0.4 is 0 Å². The van der Waals surface area contributed by atoms with E-state index in [1.165, 1.54) is 0 Å². The monoisotopic (exact) mass is 267 g/mol. The minimum atomic E-state index is -0.872. The van der Waals surface area contributed by atoms with Gasteiger partial charge in [-0.25, -0.2) is 0 Å². The van der Waals surface area contributed by atoms with Crippen LogP contribution in [0.1, 0.15) is 18.7 Å². The van der Waals surface area contributed by atoms with Crippen LogP contribution in [0, 0.1) is 17.3 Å². The van der Waals surface area contributed by atoms with Gasteiger partial charge in [-0.15, -0.1) is 11.3 Å². The fourth-order valence-electron chi connectivity index (χ4n) is 2.51. The zero-order chi connectivity index (χ0) is 13.5. The second kappa shape index (κ2) is 4.39. The first-order valence-corrected chi connectivity index (χ1v) is 6.74. The molecule has 98 valence electrons. The summed E-state index contributed by atoms with van der Waals surface area (Å²) in [4.78, 5) is 26.0. The molecule has 1 aliphatic carbocycles. The van der Waals surface area contributed by atoms with E-state index < -0.39 is 17.3 Å². The summed E-state index contributed by atoms with van der Waals surface area (Å²) in [5.74, 6) is -1.88. The summed E-state index contributed by atoms with van der Waals surface area (Å²) in [7, 11) is 1.73. The minimum absolute atomic E-state index is 0.0687. The lowest BCUT2D eigenvalue weighted by atomic mass is 10.1. The summed E-state index contributed by atoms with van der Waals surface area (Å²) < 4.78 is 0. The van der Waals surface area contributed by atoms with Gasteiger partial charge in [0.1, 0.15) is 0 Å². The largest absolute Gasteiger partial charge is 0.481 e. The van der Waals surface area contributed by atoms with E-state index in [4.69, 9.17) is 5.11 Å². The first kappa shape index (κ1) is 13.1. The third kappa shape index (κ3) is 2.14. The van der Waals surface area contributed by atoms with Gasteiger partial charge in [0.25, 0.3) is 0 Å². The Morgan fingerprint density at radius 2 is 2.11 bits per heavy atom. The maximum Gasteiger partial charge on any atom is 0.307 e. The Kier molecular flexibility index (Phi) is 3.19. The number of nitrogens with zero attached hydrogens (tertiary/aromatic N) is 1. The van der Waals surface area contributed by atoms with Crippen LogP contribution in [0.2, 0.25) is 0 Å². The van der Waals surface area contributed by atoms with Gasteiger partial charge in [0.15, 0.2) is 0 Å². The Morgan fingerprint density at radius 3 is 2.56 bits per heavy atom. The predicted octanol–water partition coefficient (Wildman–Crippen LogP) is 2.06. The van der Waals surface area contributed by atoms with Crippen molar-refractivity contribution in [3.63, 3.8) is 0 Å². The number of carboxylic acids is 1. The first-order valence-electron chi connectivity index (χ1n) is 5.86. The lowest BCUT2D eigenvalue weighted by molar-refractivity contribution is -0.141. The molecule has 1 heterocycles. The maximum atomic E-state index is 12.2. The van der Waals surface area contributed by atoms with Gasteiger partial charge in [-0.05, 0) is 16.9 Å². The van der Waals surface area contributed by atoms with Crippen molar-refractivity contribution in [1.82, 2.24) is 4.90 Å². The number of amides is 1. The number of hydrogen-bond donors (Lipinski definition) is 1. The van der Waals surface area contributed by atoms with Gasteiger partial charge in [-0.1, -0.05) is 19.9 Å². The molecule has 1 amide bonds. The fourth-order valence-corrected chi connectivity index (χ4v) is 3.27. The second-order valence-corrected chi connectivity index (χ2v) is 6.42. The van der Waals surface area contributed by atoms with Crippen molar-refractivity contribution < 1.29 is 14.7 Å². The molecule has 0 aliphatic heterocycles. The summed E-state index contributed by atoms with van der Waals surface area (Å²) in [5, 5.41) is 11.0. The quantitative estimate of drug-likeness (QED) is 0.908. The van der Waals surface area contributed by atoms with E-state index in [1.54, 1.807) is 23.3 Å². The molecule has 1 saturated carbocycles. The highest BCUT2D eigenvalue weighted by Gasteiger charge is 2.66. The van der Waals surface area contributed by atoms with Crippen LogP contribution in [0.3, 0.4) is 0 Å². The third-order valence-electron chi connectivity index (χ3n) is 3.71. The Morgan fingerprint density at radius 1 is 1.44 bits per heavy atom. The fraction of sp³-hybridized carbons (Fsp3) is 0.538. The number of carbonyl (C=O) groups excluding carboxylic acids is 1. The van der Waals surface area contributed by atoms with Crippen LogP contribution in [-0.2, 0) is 16.1 Å².